The first kappa shape index (κ1) is 20.2. The molecule has 1 aromatic heterocycles. The molecule has 0 aliphatic carbocycles. The number of nitro benzene ring substituents is 1. The Labute approximate surface area is 175 Å². The molecule has 0 unspecified atom stereocenters. The standard InChI is InChI=1S/C18H14N2O5S3/c21-16(22)2-1-9-19-17(26)15(28-18(19)27)10-13-7-8-14(25-13)11-3-5-12(6-4-11)20(23)24/h3-8,10H,1-2,9H2,(H,21,22)/b15-10+. The Kier molecular flexibility index (Phi) is 6.22. The lowest BCUT2D eigenvalue weighted by atomic mass is 10.1. The number of thioether (sulfide) groups is 1. The molecule has 2 heterocycles. The monoisotopic (exact) mass is 434 g/mol. The summed E-state index contributed by atoms with van der Waals surface area (Å²) in [6, 6.07) is 9.66. The van der Waals surface area contributed by atoms with E-state index in [1.807, 2.05) is 0 Å². The maximum Gasteiger partial charge on any atom is 0.303 e. The second-order valence-electron chi connectivity index (χ2n) is 5.84. The number of rotatable bonds is 7. The summed E-state index contributed by atoms with van der Waals surface area (Å²) in [7, 11) is 0. The van der Waals surface area contributed by atoms with Crippen molar-refractivity contribution in [2.45, 2.75) is 12.8 Å². The van der Waals surface area contributed by atoms with Crippen LogP contribution in [0.2, 0.25) is 0 Å². The van der Waals surface area contributed by atoms with Gasteiger partial charge in [-0.2, -0.15) is 0 Å². The fraction of sp³-hybridized carbons (Fsp3) is 0.167. The average Bonchev–Trinajstić information content (AvgIpc) is 3.22. The van der Waals surface area contributed by atoms with Crippen molar-refractivity contribution in [1.82, 2.24) is 4.90 Å². The molecule has 1 aliphatic heterocycles. The molecule has 1 aliphatic rings. The van der Waals surface area contributed by atoms with E-state index in [0.29, 0.717) is 33.8 Å². The van der Waals surface area contributed by atoms with Crippen molar-refractivity contribution in [3.05, 3.63) is 57.2 Å². The highest BCUT2D eigenvalue weighted by atomic mass is 32.2. The molecule has 0 atom stereocenters. The number of hydrogen-bond donors (Lipinski definition) is 1. The molecule has 1 N–H and O–H groups in total. The molecule has 10 heteroatoms. The Bertz CT molecular complexity index is 981. The van der Waals surface area contributed by atoms with Gasteiger partial charge in [0.2, 0.25) is 0 Å². The zero-order valence-electron chi connectivity index (χ0n) is 14.4. The summed E-state index contributed by atoms with van der Waals surface area (Å²) in [5.41, 5.74) is 0.740. The van der Waals surface area contributed by atoms with Gasteiger partial charge in [0, 0.05) is 30.7 Å². The predicted octanol–water partition coefficient (Wildman–Crippen LogP) is 4.72. The minimum absolute atomic E-state index is 0.0156. The molecule has 1 saturated heterocycles. The SMILES string of the molecule is O=C(O)CCCN1C(=S)S/C(=C/c2ccc(-c3ccc([N+](=O)[O-])cc3)o2)C1=S. The van der Waals surface area contributed by atoms with Crippen LogP contribution in [0.1, 0.15) is 18.6 Å². The smallest absolute Gasteiger partial charge is 0.303 e. The molecular formula is C18H14N2O5S3. The quantitative estimate of drug-likeness (QED) is 0.287. The first-order valence-corrected chi connectivity index (χ1v) is 9.80. The molecule has 0 radical (unpaired) electrons. The van der Waals surface area contributed by atoms with Crippen molar-refractivity contribution in [3.63, 3.8) is 0 Å². The Hall–Kier alpha value is -2.56. The molecule has 1 fully saturated rings. The zero-order valence-corrected chi connectivity index (χ0v) is 16.8. The topological polar surface area (TPSA) is 96.8 Å². The van der Waals surface area contributed by atoms with Gasteiger partial charge in [0.05, 0.1) is 9.83 Å². The number of thiocarbonyl (C=S) groups is 2. The van der Waals surface area contributed by atoms with Crippen molar-refractivity contribution in [3.8, 4) is 11.3 Å². The minimum Gasteiger partial charge on any atom is -0.481 e. The minimum atomic E-state index is -0.853. The molecule has 7 nitrogen and oxygen atoms in total. The second kappa shape index (κ2) is 8.63. The number of non-ortho nitro benzene ring substituents is 1. The van der Waals surface area contributed by atoms with Crippen molar-refractivity contribution in [1.29, 1.82) is 0 Å². The molecule has 0 bridgehead atoms. The second-order valence-corrected chi connectivity index (χ2v) is 7.90. The fourth-order valence-corrected chi connectivity index (χ4v) is 4.33. The summed E-state index contributed by atoms with van der Waals surface area (Å²) in [6.45, 7) is 0.459. The fourth-order valence-electron chi connectivity index (χ4n) is 2.54. The van der Waals surface area contributed by atoms with Gasteiger partial charge in [-0.05, 0) is 36.8 Å². The third kappa shape index (κ3) is 4.64. The van der Waals surface area contributed by atoms with Gasteiger partial charge in [0.1, 0.15) is 20.8 Å². The Morgan fingerprint density at radius 3 is 2.61 bits per heavy atom. The van der Waals surface area contributed by atoms with Crippen LogP contribution < -0.4 is 0 Å². The van der Waals surface area contributed by atoms with Gasteiger partial charge < -0.3 is 14.4 Å². The number of carbonyl (C=O) groups is 1. The van der Waals surface area contributed by atoms with E-state index in [0.717, 1.165) is 10.5 Å². The Balaban J connectivity index is 1.72. The van der Waals surface area contributed by atoms with E-state index in [4.69, 9.17) is 34.0 Å². The van der Waals surface area contributed by atoms with Gasteiger partial charge in [-0.1, -0.05) is 36.2 Å². The van der Waals surface area contributed by atoms with Crippen LogP contribution in [0.5, 0.6) is 0 Å². The zero-order chi connectivity index (χ0) is 20.3. The van der Waals surface area contributed by atoms with E-state index in [1.165, 1.54) is 23.9 Å². The van der Waals surface area contributed by atoms with Gasteiger partial charge in [-0.3, -0.25) is 14.9 Å². The summed E-state index contributed by atoms with van der Waals surface area (Å²) in [5, 5.41) is 19.5. The normalized spacial score (nSPS) is 15.4. The van der Waals surface area contributed by atoms with Gasteiger partial charge in [-0.25, -0.2) is 0 Å². The summed E-state index contributed by atoms with van der Waals surface area (Å²) in [6.07, 6.45) is 2.29. The lowest BCUT2D eigenvalue weighted by molar-refractivity contribution is -0.384. The van der Waals surface area contributed by atoms with E-state index in [-0.39, 0.29) is 12.1 Å². The van der Waals surface area contributed by atoms with E-state index in [2.05, 4.69) is 0 Å². The summed E-state index contributed by atoms with van der Waals surface area (Å²) < 4.78 is 6.39. The van der Waals surface area contributed by atoms with Crippen molar-refractivity contribution in [2.75, 3.05) is 6.54 Å². The van der Waals surface area contributed by atoms with E-state index < -0.39 is 10.9 Å². The Morgan fingerprint density at radius 2 is 1.96 bits per heavy atom. The van der Waals surface area contributed by atoms with Gasteiger partial charge >= 0.3 is 5.97 Å². The van der Waals surface area contributed by atoms with Crippen LogP contribution in [0.3, 0.4) is 0 Å². The van der Waals surface area contributed by atoms with Crippen LogP contribution in [0.4, 0.5) is 5.69 Å². The van der Waals surface area contributed by atoms with Crippen molar-refractivity contribution < 1.29 is 19.2 Å². The number of benzene rings is 1. The molecule has 2 aromatic rings. The van der Waals surface area contributed by atoms with Gasteiger partial charge in [0.25, 0.3) is 5.69 Å². The molecule has 28 heavy (non-hydrogen) atoms. The number of nitrogens with zero attached hydrogens (tertiary/aromatic N) is 2. The van der Waals surface area contributed by atoms with Crippen LogP contribution >= 0.6 is 36.2 Å². The van der Waals surface area contributed by atoms with Crippen LogP contribution in [0, 0.1) is 10.1 Å². The molecular weight excluding hydrogens is 420 g/mol. The first-order valence-electron chi connectivity index (χ1n) is 8.17. The molecule has 144 valence electrons. The summed E-state index contributed by atoms with van der Waals surface area (Å²) in [4.78, 5) is 24.0. The molecule has 0 spiro atoms. The number of carboxylic acids is 1. The number of nitro groups is 1. The van der Waals surface area contributed by atoms with Crippen LogP contribution in [0.15, 0.2) is 45.7 Å². The van der Waals surface area contributed by atoms with Crippen molar-refractivity contribution >= 4 is 63.2 Å². The average molecular weight is 435 g/mol. The number of hydrogen-bond acceptors (Lipinski definition) is 7. The number of aliphatic carboxylic acids is 1. The number of furan rings is 1. The maximum absolute atomic E-state index is 10.7. The van der Waals surface area contributed by atoms with E-state index >= 15 is 0 Å². The highest BCUT2D eigenvalue weighted by Gasteiger charge is 2.28. The third-order valence-electron chi connectivity index (χ3n) is 3.91. The molecule has 1 aromatic carbocycles. The number of carboxylic acid groups (broad SMARTS) is 1. The third-order valence-corrected chi connectivity index (χ3v) is 5.87. The highest BCUT2D eigenvalue weighted by Crippen LogP contribution is 2.35. The molecule has 0 amide bonds. The molecule has 3 rings (SSSR count). The largest absolute Gasteiger partial charge is 0.481 e. The van der Waals surface area contributed by atoms with E-state index in [1.54, 1.807) is 35.2 Å². The highest BCUT2D eigenvalue weighted by molar-refractivity contribution is 8.27. The molecule has 0 saturated carbocycles. The first-order chi connectivity index (χ1) is 13.3. The summed E-state index contributed by atoms with van der Waals surface area (Å²) >= 11 is 12.1. The van der Waals surface area contributed by atoms with Crippen molar-refractivity contribution in [2.24, 2.45) is 0 Å². The van der Waals surface area contributed by atoms with Gasteiger partial charge in [0.15, 0.2) is 0 Å². The van der Waals surface area contributed by atoms with Gasteiger partial charge in [-0.15, -0.1) is 0 Å². The Morgan fingerprint density at radius 1 is 1.25 bits per heavy atom. The lowest BCUT2D eigenvalue weighted by Crippen LogP contribution is -2.28. The van der Waals surface area contributed by atoms with Crippen LogP contribution in [-0.4, -0.2) is 36.8 Å². The van der Waals surface area contributed by atoms with Crippen LogP contribution in [-0.2, 0) is 4.79 Å². The predicted molar refractivity (Wildman–Crippen MR) is 115 cm³/mol. The lowest BCUT2D eigenvalue weighted by Gasteiger charge is -2.15. The van der Waals surface area contributed by atoms with E-state index in [9.17, 15) is 14.9 Å². The summed E-state index contributed by atoms with van der Waals surface area (Å²) in [5.74, 6) is 0.304. The maximum atomic E-state index is 10.7. The van der Waals surface area contributed by atoms with Crippen LogP contribution in [0.25, 0.3) is 17.4 Å².